The Balaban J connectivity index is 3.26. The molecule has 0 aliphatic heterocycles. The van der Waals surface area contributed by atoms with E-state index < -0.39 is 45.9 Å². The molecule has 1 aromatic rings. The molecule has 0 amide bonds. The number of aliphatic hydroxyl groups excluding tert-OH is 1. The van der Waals surface area contributed by atoms with Gasteiger partial charge in [0.2, 0.25) is 10.0 Å². The molecule has 0 aromatic carbocycles. The second-order valence-electron chi connectivity index (χ2n) is 3.62. The van der Waals surface area contributed by atoms with Gasteiger partial charge in [-0.1, -0.05) is 11.6 Å². The highest BCUT2D eigenvalue weighted by Gasteiger charge is 2.37. The minimum atomic E-state index is -4.74. The molecule has 0 saturated carbocycles. The van der Waals surface area contributed by atoms with E-state index in [1.165, 1.54) is 6.20 Å². The minimum Gasteiger partial charge on any atom is -0.395 e. The Bertz CT molecular complexity index is 582. The highest BCUT2D eigenvalue weighted by Crippen LogP contribution is 2.28. The zero-order chi connectivity index (χ0) is 15.6. The first kappa shape index (κ1) is 17.6. The Labute approximate surface area is 126 Å². The maximum Gasteiger partial charge on any atom is 0.402 e. The monoisotopic (exact) mass is 396 g/mol. The number of nitrogens with zero attached hydrogens (tertiary/aromatic N) is 2. The molecule has 0 saturated heterocycles. The van der Waals surface area contributed by atoms with Crippen molar-refractivity contribution in [2.75, 3.05) is 19.7 Å². The summed E-state index contributed by atoms with van der Waals surface area (Å²) in [4.78, 5) is 2.99. The van der Waals surface area contributed by atoms with Crippen LogP contribution < -0.4 is 0 Å². The van der Waals surface area contributed by atoms with E-state index in [0.717, 1.165) is 6.07 Å². The normalized spacial score (nSPS) is 12.9. The summed E-state index contributed by atoms with van der Waals surface area (Å²) in [7, 11) is -4.52. The fourth-order valence-corrected chi connectivity index (χ4v) is 3.66. The van der Waals surface area contributed by atoms with E-state index in [-0.39, 0.29) is 8.78 Å². The van der Waals surface area contributed by atoms with Gasteiger partial charge in [-0.25, -0.2) is 13.4 Å². The maximum atomic E-state index is 12.4. The Morgan fingerprint density at radius 3 is 2.55 bits per heavy atom. The molecule has 1 N–H and O–H groups in total. The van der Waals surface area contributed by atoms with Crippen LogP contribution in [0.5, 0.6) is 0 Å². The first-order chi connectivity index (χ1) is 9.08. The lowest BCUT2D eigenvalue weighted by molar-refractivity contribution is -0.136. The van der Waals surface area contributed by atoms with E-state index in [0.29, 0.717) is 0 Å². The third kappa shape index (κ3) is 4.55. The van der Waals surface area contributed by atoms with Gasteiger partial charge in [0.25, 0.3) is 0 Å². The van der Waals surface area contributed by atoms with Crippen LogP contribution in [0.2, 0.25) is 5.15 Å². The van der Waals surface area contributed by atoms with Gasteiger partial charge in [-0.2, -0.15) is 17.5 Å². The van der Waals surface area contributed by atoms with Gasteiger partial charge in [0, 0.05) is 17.2 Å². The number of aliphatic hydroxyl groups is 1. The van der Waals surface area contributed by atoms with Crippen LogP contribution in [0.15, 0.2) is 21.6 Å². The van der Waals surface area contributed by atoms with Crippen molar-refractivity contribution in [3.05, 3.63) is 21.9 Å². The largest absolute Gasteiger partial charge is 0.402 e. The topological polar surface area (TPSA) is 70.5 Å². The number of pyridine rings is 1. The molecule has 11 heteroatoms. The smallest absolute Gasteiger partial charge is 0.395 e. The molecule has 0 aliphatic carbocycles. The van der Waals surface area contributed by atoms with E-state index in [4.69, 9.17) is 16.7 Å². The molecule has 0 radical (unpaired) electrons. The van der Waals surface area contributed by atoms with E-state index in [1.807, 2.05) is 0 Å². The Kier molecular flexibility index (Phi) is 5.79. The minimum absolute atomic E-state index is 0.0995. The number of hydrogen-bond donors (Lipinski definition) is 1. The predicted octanol–water partition coefficient (Wildman–Crippen LogP) is 2.04. The van der Waals surface area contributed by atoms with E-state index >= 15 is 0 Å². The molecule has 0 spiro atoms. The van der Waals surface area contributed by atoms with Crippen LogP contribution in [0.1, 0.15) is 0 Å². The van der Waals surface area contributed by atoms with Crippen molar-refractivity contribution in [3.63, 3.8) is 0 Å². The van der Waals surface area contributed by atoms with Crippen LogP contribution in [0.4, 0.5) is 13.2 Å². The van der Waals surface area contributed by atoms with Crippen molar-refractivity contribution in [3.8, 4) is 0 Å². The van der Waals surface area contributed by atoms with Crippen molar-refractivity contribution in [1.82, 2.24) is 9.29 Å². The predicted molar refractivity (Wildman–Crippen MR) is 68.8 cm³/mol. The summed E-state index contributed by atoms with van der Waals surface area (Å²) in [6, 6.07) is 1.05. The van der Waals surface area contributed by atoms with Crippen molar-refractivity contribution >= 4 is 37.6 Å². The molecule has 0 aliphatic rings. The quantitative estimate of drug-likeness (QED) is 0.772. The van der Waals surface area contributed by atoms with Crippen molar-refractivity contribution in [1.29, 1.82) is 0 Å². The molecule has 1 rings (SSSR count). The third-order valence-corrected chi connectivity index (χ3v) is 4.80. The molecule has 114 valence electrons. The van der Waals surface area contributed by atoms with Crippen molar-refractivity contribution in [2.45, 2.75) is 11.1 Å². The lowest BCUT2D eigenvalue weighted by Crippen LogP contribution is -2.40. The number of rotatable bonds is 5. The van der Waals surface area contributed by atoms with Crippen LogP contribution in [0, 0.1) is 0 Å². The maximum absolute atomic E-state index is 12.4. The fourth-order valence-electron chi connectivity index (χ4n) is 1.32. The molecular weight excluding hydrogens is 389 g/mol. The summed E-state index contributed by atoms with van der Waals surface area (Å²) in [5.41, 5.74) is 0. The summed E-state index contributed by atoms with van der Waals surface area (Å²) in [6.45, 7) is -3.18. The fraction of sp³-hybridized carbons (Fsp3) is 0.444. The van der Waals surface area contributed by atoms with Gasteiger partial charge in [-0.15, -0.1) is 0 Å². The van der Waals surface area contributed by atoms with Crippen LogP contribution in [0.3, 0.4) is 0 Å². The van der Waals surface area contributed by atoms with Crippen LogP contribution in [-0.4, -0.2) is 48.7 Å². The van der Waals surface area contributed by atoms with Gasteiger partial charge >= 0.3 is 6.18 Å². The van der Waals surface area contributed by atoms with Gasteiger partial charge in [0.1, 0.15) is 16.6 Å². The van der Waals surface area contributed by atoms with E-state index in [1.54, 1.807) is 0 Å². The van der Waals surface area contributed by atoms with Crippen molar-refractivity contribution < 1.29 is 26.7 Å². The molecule has 0 unspecified atom stereocenters. The van der Waals surface area contributed by atoms with Crippen LogP contribution in [0.25, 0.3) is 0 Å². The third-order valence-electron chi connectivity index (χ3n) is 2.10. The molecule has 0 atom stereocenters. The van der Waals surface area contributed by atoms with Gasteiger partial charge < -0.3 is 5.11 Å². The first-order valence-corrected chi connectivity index (χ1v) is 7.68. The van der Waals surface area contributed by atoms with Crippen molar-refractivity contribution in [2.24, 2.45) is 0 Å². The summed E-state index contributed by atoms with van der Waals surface area (Å²) >= 11 is 8.58. The second kappa shape index (κ2) is 6.56. The molecule has 1 heterocycles. The number of aromatic nitrogens is 1. The van der Waals surface area contributed by atoms with Gasteiger partial charge in [0.05, 0.1) is 6.61 Å². The first-order valence-electron chi connectivity index (χ1n) is 5.07. The zero-order valence-electron chi connectivity index (χ0n) is 9.73. The Hall–Kier alpha value is -0.420. The summed E-state index contributed by atoms with van der Waals surface area (Å²) in [5, 5.41) is 8.29. The number of alkyl halides is 3. The standard InChI is InChI=1S/C9H9BrClF3N2O3S/c10-6-3-7(8(11)15-4-6)20(18,19)16(1-2-17)5-9(12,13)14/h3-4,17H,1-2,5H2. The Morgan fingerprint density at radius 2 is 2.05 bits per heavy atom. The number of halogens is 5. The molecule has 1 aromatic heterocycles. The number of sulfonamides is 1. The zero-order valence-corrected chi connectivity index (χ0v) is 12.9. The molecule has 20 heavy (non-hydrogen) atoms. The SMILES string of the molecule is O=S(=O)(c1cc(Br)cnc1Cl)N(CCO)CC(F)(F)F. The summed E-state index contributed by atoms with van der Waals surface area (Å²) in [5.74, 6) is 0. The molecule has 0 bridgehead atoms. The van der Waals surface area contributed by atoms with E-state index in [9.17, 15) is 21.6 Å². The van der Waals surface area contributed by atoms with Gasteiger partial charge in [-0.3, -0.25) is 0 Å². The molecule has 0 fully saturated rings. The van der Waals surface area contributed by atoms with Crippen LogP contribution in [-0.2, 0) is 10.0 Å². The van der Waals surface area contributed by atoms with Crippen LogP contribution >= 0.6 is 27.5 Å². The lowest BCUT2D eigenvalue weighted by atomic mass is 10.5. The molecular formula is C9H9BrClF3N2O3S. The highest BCUT2D eigenvalue weighted by atomic mass is 79.9. The second-order valence-corrected chi connectivity index (χ2v) is 6.80. The summed E-state index contributed by atoms with van der Waals surface area (Å²) < 4.78 is 61.9. The van der Waals surface area contributed by atoms with E-state index in [2.05, 4.69) is 20.9 Å². The average molecular weight is 398 g/mol. The summed E-state index contributed by atoms with van der Waals surface area (Å²) in [6.07, 6.45) is -3.53. The Morgan fingerprint density at radius 1 is 1.45 bits per heavy atom. The van der Waals surface area contributed by atoms with Gasteiger partial charge in [-0.05, 0) is 22.0 Å². The number of hydrogen-bond acceptors (Lipinski definition) is 4. The lowest BCUT2D eigenvalue weighted by Gasteiger charge is -2.22. The highest BCUT2D eigenvalue weighted by molar-refractivity contribution is 9.10. The van der Waals surface area contributed by atoms with Gasteiger partial charge in [0.15, 0.2) is 0 Å². The molecule has 5 nitrogen and oxygen atoms in total. The average Bonchev–Trinajstić information content (AvgIpc) is 2.30.